The fraction of sp³-hybridized carbons (Fsp3) is 0.304. The van der Waals surface area contributed by atoms with E-state index in [9.17, 15) is 8.78 Å². The Morgan fingerprint density at radius 3 is 2.71 bits per heavy atom. The van der Waals surface area contributed by atoms with E-state index in [1.807, 2.05) is 24.5 Å². The smallest absolute Gasteiger partial charge is 0.132 e. The standard InChI is InChI=1S/C23H23F2N3/c24-17-4-5-22-20(14-17)16(15-26-22)6-10-27-11-7-18(8-12-27)28-13-9-19-21(25)2-1-3-23(19)28/h1-5,9,13-15,18,26H,6-8,10-12H2. The quantitative estimate of drug-likeness (QED) is 0.512. The summed E-state index contributed by atoms with van der Waals surface area (Å²) in [5, 5.41) is 1.69. The molecule has 0 atom stereocenters. The minimum Gasteiger partial charge on any atom is -0.361 e. The van der Waals surface area contributed by atoms with Gasteiger partial charge in [-0.15, -0.1) is 0 Å². The largest absolute Gasteiger partial charge is 0.361 e. The number of nitrogens with one attached hydrogen (secondary N) is 1. The first-order valence-electron chi connectivity index (χ1n) is 9.92. The van der Waals surface area contributed by atoms with E-state index in [1.54, 1.807) is 18.2 Å². The predicted octanol–water partition coefficient (Wildman–Crippen LogP) is 5.28. The van der Waals surface area contributed by atoms with E-state index < -0.39 is 0 Å². The number of nitrogens with zero attached hydrogens (tertiary/aromatic N) is 2. The molecule has 2 aromatic carbocycles. The van der Waals surface area contributed by atoms with Gasteiger partial charge in [0.2, 0.25) is 0 Å². The summed E-state index contributed by atoms with van der Waals surface area (Å²) < 4.78 is 29.7. The summed E-state index contributed by atoms with van der Waals surface area (Å²) >= 11 is 0. The van der Waals surface area contributed by atoms with Gasteiger partial charge >= 0.3 is 0 Å². The lowest BCUT2D eigenvalue weighted by atomic mass is 10.0. The molecule has 1 N–H and O–H groups in total. The van der Waals surface area contributed by atoms with Crippen molar-refractivity contribution in [1.29, 1.82) is 0 Å². The first-order chi connectivity index (χ1) is 13.7. The molecular formula is C23H23F2N3. The molecule has 4 aromatic rings. The summed E-state index contributed by atoms with van der Waals surface area (Å²) in [6.45, 7) is 3.02. The third-order valence-electron chi connectivity index (χ3n) is 6.09. The van der Waals surface area contributed by atoms with Crippen LogP contribution in [0.3, 0.4) is 0 Å². The molecule has 1 fully saturated rings. The normalized spacial score (nSPS) is 16.4. The first kappa shape index (κ1) is 17.4. The van der Waals surface area contributed by atoms with Gasteiger partial charge < -0.3 is 14.5 Å². The Morgan fingerprint density at radius 2 is 1.86 bits per heavy atom. The Hall–Kier alpha value is -2.66. The SMILES string of the molecule is Fc1ccc2[nH]cc(CCN3CCC(n4ccc5c(F)cccc54)CC3)c2c1. The van der Waals surface area contributed by atoms with Crippen LogP contribution >= 0.6 is 0 Å². The molecule has 5 heteroatoms. The Morgan fingerprint density at radius 1 is 1.00 bits per heavy atom. The number of hydrogen-bond donors (Lipinski definition) is 1. The van der Waals surface area contributed by atoms with Gasteiger partial charge in [-0.05, 0) is 61.2 Å². The molecule has 3 nitrogen and oxygen atoms in total. The van der Waals surface area contributed by atoms with E-state index in [1.165, 1.54) is 17.7 Å². The van der Waals surface area contributed by atoms with Crippen molar-refractivity contribution < 1.29 is 8.78 Å². The van der Waals surface area contributed by atoms with Crippen LogP contribution < -0.4 is 0 Å². The van der Waals surface area contributed by atoms with Crippen LogP contribution in [0.2, 0.25) is 0 Å². The number of hydrogen-bond acceptors (Lipinski definition) is 1. The second-order valence-electron chi connectivity index (χ2n) is 7.72. The molecule has 28 heavy (non-hydrogen) atoms. The van der Waals surface area contributed by atoms with E-state index >= 15 is 0 Å². The summed E-state index contributed by atoms with van der Waals surface area (Å²) in [5.41, 5.74) is 3.14. The van der Waals surface area contributed by atoms with Crippen LogP contribution in [0.1, 0.15) is 24.4 Å². The number of aromatic amines is 1. The molecule has 0 spiro atoms. The summed E-state index contributed by atoms with van der Waals surface area (Å²) in [5.74, 6) is -0.339. The fourth-order valence-electron chi connectivity index (χ4n) is 4.53. The lowest BCUT2D eigenvalue weighted by Crippen LogP contribution is -2.35. The molecule has 2 aromatic heterocycles. The monoisotopic (exact) mass is 379 g/mol. The van der Waals surface area contributed by atoms with Gasteiger partial charge in [0, 0.05) is 54.4 Å². The van der Waals surface area contributed by atoms with Crippen LogP contribution in [-0.2, 0) is 6.42 Å². The van der Waals surface area contributed by atoms with Crippen LogP contribution in [0, 0.1) is 11.6 Å². The molecule has 1 aliphatic heterocycles. The molecule has 0 radical (unpaired) electrons. The number of H-pyrrole nitrogens is 1. The van der Waals surface area contributed by atoms with E-state index in [0.717, 1.165) is 55.3 Å². The van der Waals surface area contributed by atoms with Gasteiger partial charge in [-0.25, -0.2) is 8.78 Å². The molecule has 0 aliphatic carbocycles. The summed E-state index contributed by atoms with van der Waals surface area (Å²) in [6.07, 6.45) is 7.04. The van der Waals surface area contributed by atoms with Gasteiger partial charge in [0.15, 0.2) is 0 Å². The molecule has 0 saturated carbocycles. The topological polar surface area (TPSA) is 24.0 Å². The van der Waals surface area contributed by atoms with Crippen molar-refractivity contribution in [2.24, 2.45) is 0 Å². The number of benzene rings is 2. The summed E-state index contributed by atoms with van der Waals surface area (Å²) in [6, 6.07) is 12.5. The molecular weight excluding hydrogens is 356 g/mol. The Labute approximate surface area is 162 Å². The van der Waals surface area contributed by atoms with Crippen molar-refractivity contribution in [2.75, 3.05) is 19.6 Å². The maximum Gasteiger partial charge on any atom is 0.132 e. The van der Waals surface area contributed by atoms with E-state index in [-0.39, 0.29) is 11.6 Å². The van der Waals surface area contributed by atoms with Gasteiger partial charge in [0.05, 0.1) is 5.52 Å². The second-order valence-corrected chi connectivity index (χ2v) is 7.72. The number of piperidine rings is 1. The highest BCUT2D eigenvalue weighted by atomic mass is 19.1. The van der Waals surface area contributed by atoms with Crippen LogP contribution in [0.4, 0.5) is 8.78 Å². The highest BCUT2D eigenvalue weighted by Gasteiger charge is 2.22. The zero-order chi connectivity index (χ0) is 19.1. The third-order valence-corrected chi connectivity index (χ3v) is 6.09. The van der Waals surface area contributed by atoms with Crippen LogP contribution in [0.15, 0.2) is 54.9 Å². The highest BCUT2D eigenvalue weighted by molar-refractivity contribution is 5.83. The van der Waals surface area contributed by atoms with Crippen LogP contribution in [0.25, 0.3) is 21.8 Å². The van der Waals surface area contributed by atoms with Gasteiger partial charge in [-0.1, -0.05) is 6.07 Å². The average Bonchev–Trinajstić information content (AvgIpc) is 3.32. The molecule has 0 bridgehead atoms. The molecule has 5 rings (SSSR count). The zero-order valence-corrected chi connectivity index (χ0v) is 15.7. The van der Waals surface area contributed by atoms with E-state index in [2.05, 4.69) is 14.5 Å². The van der Waals surface area contributed by atoms with E-state index in [0.29, 0.717) is 11.4 Å². The van der Waals surface area contributed by atoms with Crippen molar-refractivity contribution in [1.82, 2.24) is 14.5 Å². The van der Waals surface area contributed by atoms with Crippen molar-refractivity contribution >= 4 is 21.8 Å². The van der Waals surface area contributed by atoms with Crippen molar-refractivity contribution in [3.05, 3.63) is 72.1 Å². The Balaban J connectivity index is 1.23. The highest BCUT2D eigenvalue weighted by Crippen LogP contribution is 2.29. The van der Waals surface area contributed by atoms with Crippen LogP contribution in [0.5, 0.6) is 0 Å². The minimum absolute atomic E-state index is 0.149. The molecule has 0 amide bonds. The Kier molecular flexibility index (Phi) is 4.40. The van der Waals surface area contributed by atoms with Gasteiger partial charge in [0.1, 0.15) is 11.6 Å². The summed E-state index contributed by atoms with van der Waals surface area (Å²) in [4.78, 5) is 5.70. The van der Waals surface area contributed by atoms with Gasteiger partial charge in [-0.3, -0.25) is 0 Å². The third kappa shape index (κ3) is 3.10. The summed E-state index contributed by atoms with van der Waals surface area (Å²) in [7, 11) is 0. The van der Waals surface area contributed by atoms with Gasteiger partial charge in [0.25, 0.3) is 0 Å². The van der Waals surface area contributed by atoms with Crippen molar-refractivity contribution in [3.8, 4) is 0 Å². The number of fused-ring (bicyclic) bond motifs is 2. The first-order valence-corrected chi connectivity index (χ1v) is 9.92. The molecule has 1 saturated heterocycles. The van der Waals surface area contributed by atoms with Crippen molar-refractivity contribution in [3.63, 3.8) is 0 Å². The zero-order valence-electron chi connectivity index (χ0n) is 15.7. The minimum atomic E-state index is -0.190. The maximum absolute atomic E-state index is 14.0. The number of likely N-dealkylation sites (tertiary alicyclic amines) is 1. The second kappa shape index (κ2) is 7.06. The molecule has 144 valence electrons. The fourth-order valence-corrected chi connectivity index (χ4v) is 4.53. The number of rotatable bonds is 4. The lowest BCUT2D eigenvalue weighted by Gasteiger charge is -2.33. The van der Waals surface area contributed by atoms with Crippen molar-refractivity contribution in [2.45, 2.75) is 25.3 Å². The molecule has 1 aliphatic rings. The number of aromatic nitrogens is 2. The average molecular weight is 379 g/mol. The lowest BCUT2D eigenvalue weighted by molar-refractivity contribution is 0.190. The molecule has 0 unspecified atom stereocenters. The predicted molar refractivity (Wildman–Crippen MR) is 109 cm³/mol. The maximum atomic E-state index is 14.0. The molecule has 3 heterocycles. The van der Waals surface area contributed by atoms with E-state index in [4.69, 9.17) is 0 Å². The Bertz CT molecular complexity index is 1120. The number of halogens is 2. The van der Waals surface area contributed by atoms with Crippen LogP contribution in [-0.4, -0.2) is 34.1 Å². The van der Waals surface area contributed by atoms with Gasteiger partial charge in [-0.2, -0.15) is 0 Å².